The Balaban J connectivity index is 1.98. The van der Waals surface area contributed by atoms with Gasteiger partial charge in [0.1, 0.15) is 0 Å². The molecule has 2 aromatic rings. The van der Waals surface area contributed by atoms with E-state index in [-0.39, 0.29) is 18.9 Å². The quantitative estimate of drug-likeness (QED) is 0.826. The highest BCUT2D eigenvalue weighted by molar-refractivity contribution is 5.81. The fourth-order valence-corrected chi connectivity index (χ4v) is 2.56. The number of carboxylic acid groups (broad SMARTS) is 1. The number of carbonyl (C=O) groups excluding carboxylic acids is 1. The van der Waals surface area contributed by atoms with Crippen LogP contribution in [0.1, 0.15) is 29.5 Å². The van der Waals surface area contributed by atoms with E-state index in [1.165, 1.54) is 0 Å². The summed E-state index contributed by atoms with van der Waals surface area (Å²) in [4.78, 5) is 23.6. The second-order valence-corrected chi connectivity index (χ2v) is 5.40. The summed E-state index contributed by atoms with van der Waals surface area (Å²) in [6.07, 6.45) is 1.14. The summed E-state index contributed by atoms with van der Waals surface area (Å²) in [5.41, 5.74) is 2.81. The van der Waals surface area contributed by atoms with Gasteiger partial charge in [0.25, 0.3) is 0 Å². The fraction of sp³-hybridized carbons (Fsp3) is 0.263. The number of carbonyl (C=O) groups is 2. The Morgan fingerprint density at radius 1 is 1.00 bits per heavy atom. The van der Waals surface area contributed by atoms with Gasteiger partial charge in [-0.15, -0.1) is 0 Å². The molecular formula is C19H21NO3. The fourth-order valence-electron chi connectivity index (χ4n) is 2.56. The second-order valence-electron chi connectivity index (χ2n) is 5.40. The number of amides is 1. The third-order valence-electron chi connectivity index (χ3n) is 3.85. The molecule has 23 heavy (non-hydrogen) atoms. The minimum atomic E-state index is -0.939. The SMILES string of the molecule is CCc1ccccc1CC(=O)NCC(C(=O)O)c1ccccc1. The number of aryl methyl sites for hydroxylation is 1. The predicted molar refractivity (Wildman–Crippen MR) is 89.4 cm³/mol. The average molecular weight is 311 g/mol. The lowest BCUT2D eigenvalue weighted by Crippen LogP contribution is -2.32. The Morgan fingerprint density at radius 2 is 1.61 bits per heavy atom. The van der Waals surface area contributed by atoms with Crippen LogP contribution in [-0.4, -0.2) is 23.5 Å². The molecular weight excluding hydrogens is 290 g/mol. The van der Waals surface area contributed by atoms with Crippen molar-refractivity contribution in [3.8, 4) is 0 Å². The molecule has 2 N–H and O–H groups in total. The highest BCUT2D eigenvalue weighted by Gasteiger charge is 2.20. The zero-order valence-electron chi connectivity index (χ0n) is 13.2. The van der Waals surface area contributed by atoms with Gasteiger partial charge in [-0.2, -0.15) is 0 Å². The van der Waals surface area contributed by atoms with Crippen molar-refractivity contribution in [1.29, 1.82) is 0 Å². The van der Waals surface area contributed by atoms with E-state index in [1.807, 2.05) is 37.3 Å². The summed E-state index contributed by atoms with van der Waals surface area (Å²) in [6, 6.07) is 16.8. The van der Waals surface area contributed by atoms with Crippen LogP contribution < -0.4 is 5.32 Å². The van der Waals surface area contributed by atoms with E-state index in [2.05, 4.69) is 5.32 Å². The topological polar surface area (TPSA) is 66.4 Å². The first kappa shape index (κ1) is 16.7. The first-order valence-corrected chi connectivity index (χ1v) is 7.73. The zero-order valence-corrected chi connectivity index (χ0v) is 13.2. The van der Waals surface area contributed by atoms with Crippen molar-refractivity contribution >= 4 is 11.9 Å². The molecule has 4 nitrogen and oxygen atoms in total. The highest BCUT2D eigenvalue weighted by atomic mass is 16.4. The minimum Gasteiger partial charge on any atom is -0.481 e. The summed E-state index contributed by atoms with van der Waals surface area (Å²) in [6.45, 7) is 2.14. The third kappa shape index (κ3) is 4.68. The molecule has 0 fully saturated rings. The van der Waals surface area contributed by atoms with Gasteiger partial charge >= 0.3 is 5.97 Å². The van der Waals surface area contributed by atoms with Gasteiger partial charge in [-0.1, -0.05) is 61.5 Å². The molecule has 0 spiro atoms. The molecule has 2 aromatic carbocycles. The Hall–Kier alpha value is -2.62. The molecule has 0 aliphatic rings. The van der Waals surface area contributed by atoms with Crippen LogP contribution in [-0.2, 0) is 22.4 Å². The number of carboxylic acids is 1. The summed E-state index contributed by atoms with van der Waals surface area (Å²) in [5, 5.41) is 12.1. The van der Waals surface area contributed by atoms with Crippen molar-refractivity contribution in [3.05, 3.63) is 71.3 Å². The summed E-state index contributed by atoms with van der Waals surface area (Å²) < 4.78 is 0. The Kier molecular flexibility index (Phi) is 5.92. The number of rotatable bonds is 7. The van der Waals surface area contributed by atoms with E-state index in [1.54, 1.807) is 24.3 Å². The summed E-state index contributed by atoms with van der Waals surface area (Å²) >= 11 is 0. The first-order chi connectivity index (χ1) is 11.1. The van der Waals surface area contributed by atoms with Crippen LogP contribution in [0.5, 0.6) is 0 Å². The van der Waals surface area contributed by atoms with Crippen molar-refractivity contribution in [1.82, 2.24) is 5.32 Å². The Morgan fingerprint density at radius 3 is 2.22 bits per heavy atom. The Bertz CT molecular complexity index is 667. The molecule has 1 amide bonds. The van der Waals surface area contributed by atoms with Gasteiger partial charge in [0.15, 0.2) is 0 Å². The van der Waals surface area contributed by atoms with E-state index in [9.17, 15) is 14.7 Å². The molecule has 0 saturated carbocycles. The van der Waals surface area contributed by atoms with Crippen LogP contribution in [0.4, 0.5) is 0 Å². The Labute approximate surface area is 136 Å². The maximum absolute atomic E-state index is 12.1. The van der Waals surface area contributed by atoms with E-state index in [0.29, 0.717) is 5.56 Å². The van der Waals surface area contributed by atoms with E-state index >= 15 is 0 Å². The van der Waals surface area contributed by atoms with Gasteiger partial charge in [-0.25, -0.2) is 0 Å². The summed E-state index contributed by atoms with van der Waals surface area (Å²) in [5.74, 6) is -1.83. The van der Waals surface area contributed by atoms with Crippen LogP contribution >= 0.6 is 0 Å². The first-order valence-electron chi connectivity index (χ1n) is 7.73. The molecule has 1 unspecified atom stereocenters. The standard InChI is InChI=1S/C19H21NO3/c1-2-14-8-6-7-11-16(14)12-18(21)20-13-17(19(22)23)15-9-4-3-5-10-15/h3-11,17H,2,12-13H2,1H3,(H,20,21)(H,22,23). The number of hydrogen-bond donors (Lipinski definition) is 2. The van der Waals surface area contributed by atoms with E-state index < -0.39 is 11.9 Å². The maximum Gasteiger partial charge on any atom is 0.312 e. The van der Waals surface area contributed by atoms with Crippen molar-refractivity contribution < 1.29 is 14.7 Å². The molecule has 120 valence electrons. The molecule has 0 heterocycles. The zero-order chi connectivity index (χ0) is 16.7. The smallest absolute Gasteiger partial charge is 0.312 e. The lowest BCUT2D eigenvalue weighted by atomic mass is 9.99. The highest BCUT2D eigenvalue weighted by Crippen LogP contribution is 2.15. The molecule has 4 heteroatoms. The molecule has 1 atom stereocenters. The van der Waals surface area contributed by atoms with Crippen molar-refractivity contribution in [3.63, 3.8) is 0 Å². The van der Waals surface area contributed by atoms with Gasteiger partial charge < -0.3 is 10.4 Å². The summed E-state index contributed by atoms with van der Waals surface area (Å²) in [7, 11) is 0. The van der Waals surface area contributed by atoms with Gasteiger partial charge in [0, 0.05) is 6.54 Å². The normalized spacial score (nSPS) is 11.7. The lowest BCUT2D eigenvalue weighted by Gasteiger charge is -2.14. The molecule has 0 saturated heterocycles. The van der Waals surface area contributed by atoms with Crippen LogP contribution in [0.25, 0.3) is 0 Å². The third-order valence-corrected chi connectivity index (χ3v) is 3.85. The van der Waals surface area contributed by atoms with Crippen molar-refractivity contribution in [2.75, 3.05) is 6.54 Å². The van der Waals surface area contributed by atoms with Crippen molar-refractivity contribution in [2.24, 2.45) is 0 Å². The molecule has 2 rings (SSSR count). The number of benzene rings is 2. The molecule has 0 aliphatic heterocycles. The van der Waals surface area contributed by atoms with Gasteiger partial charge in [0.2, 0.25) is 5.91 Å². The van der Waals surface area contributed by atoms with E-state index in [0.717, 1.165) is 17.5 Å². The number of aliphatic carboxylic acids is 1. The molecule has 0 bridgehead atoms. The van der Waals surface area contributed by atoms with Gasteiger partial charge in [0.05, 0.1) is 12.3 Å². The molecule has 0 radical (unpaired) electrons. The van der Waals surface area contributed by atoms with Crippen LogP contribution in [0.3, 0.4) is 0 Å². The van der Waals surface area contributed by atoms with Crippen LogP contribution in [0.2, 0.25) is 0 Å². The van der Waals surface area contributed by atoms with Crippen LogP contribution in [0, 0.1) is 0 Å². The molecule has 0 aromatic heterocycles. The lowest BCUT2D eigenvalue weighted by molar-refractivity contribution is -0.138. The van der Waals surface area contributed by atoms with Crippen molar-refractivity contribution in [2.45, 2.75) is 25.7 Å². The average Bonchev–Trinajstić information content (AvgIpc) is 2.56. The van der Waals surface area contributed by atoms with E-state index in [4.69, 9.17) is 0 Å². The monoisotopic (exact) mass is 311 g/mol. The van der Waals surface area contributed by atoms with Crippen LogP contribution in [0.15, 0.2) is 54.6 Å². The largest absolute Gasteiger partial charge is 0.481 e. The second kappa shape index (κ2) is 8.13. The number of nitrogens with one attached hydrogen (secondary N) is 1. The minimum absolute atomic E-state index is 0.0898. The maximum atomic E-state index is 12.1. The number of hydrogen-bond acceptors (Lipinski definition) is 2. The van der Waals surface area contributed by atoms with Gasteiger partial charge in [-0.3, -0.25) is 9.59 Å². The van der Waals surface area contributed by atoms with Gasteiger partial charge in [-0.05, 0) is 23.1 Å². The predicted octanol–water partition coefficient (Wildman–Crippen LogP) is 2.78. The molecule has 0 aliphatic carbocycles.